The smallest absolute Gasteiger partial charge is 0.197 e. The van der Waals surface area contributed by atoms with Gasteiger partial charge in [0.25, 0.3) is 0 Å². The van der Waals surface area contributed by atoms with Crippen molar-refractivity contribution in [2.45, 2.75) is 38.9 Å². The van der Waals surface area contributed by atoms with Gasteiger partial charge in [-0.05, 0) is 57.2 Å². The molecule has 0 saturated carbocycles. The molecule has 31 heavy (non-hydrogen) atoms. The van der Waals surface area contributed by atoms with Crippen LogP contribution in [0.15, 0.2) is 57.8 Å². The largest absolute Gasteiger partial charge is 0.508 e. The Bertz CT molecular complexity index is 1280. The molecule has 1 aliphatic heterocycles. The Labute approximate surface area is 179 Å². The van der Waals surface area contributed by atoms with Crippen LogP contribution >= 0.6 is 0 Å². The fraction of sp³-hybridized carbons (Fsp3) is 0.240. The fourth-order valence-electron chi connectivity index (χ4n) is 3.61. The van der Waals surface area contributed by atoms with Crippen molar-refractivity contribution in [2.75, 3.05) is 0 Å². The summed E-state index contributed by atoms with van der Waals surface area (Å²) in [6.07, 6.45) is 2.79. The summed E-state index contributed by atoms with van der Waals surface area (Å²) in [7, 11) is 0. The van der Waals surface area contributed by atoms with E-state index in [-0.39, 0.29) is 28.9 Å². The van der Waals surface area contributed by atoms with Gasteiger partial charge in [-0.25, -0.2) is 0 Å². The molecule has 0 bridgehead atoms. The quantitative estimate of drug-likeness (QED) is 0.536. The topological polar surface area (TPSA) is 100 Å². The number of ether oxygens (including phenoxy) is 1. The minimum absolute atomic E-state index is 0.0261. The van der Waals surface area contributed by atoms with E-state index in [1.54, 1.807) is 25.1 Å². The Morgan fingerprint density at radius 2 is 1.87 bits per heavy atom. The van der Waals surface area contributed by atoms with Crippen molar-refractivity contribution in [3.63, 3.8) is 0 Å². The lowest BCUT2D eigenvalue weighted by atomic mass is 9.92. The normalized spacial score (nSPS) is 15.4. The highest BCUT2D eigenvalue weighted by Gasteiger charge is 2.31. The molecule has 6 heteroatoms. The lowest BCUT2D eigenvalue weighted by Gasteiger charge is -2.30. The molecule has 0 radical (unpaired) electrons. The van der Waals surface area contributed by atoms with Crippen LogP contribution in [0.1, 0.15) is 31.9 Å². The van der Waals surface area contributed by atoms with E-state index in [0.29, 0.717) is 33.8 Å². The van der Waals surface area contributed by atoms with Crippen molar-refractivity contribution in [1.29, 1.82) is 0 Å². The highest BCUT2D eigenvalue weighted by Crippen LogP contribution is 2.45. The highest BCUT2D eigenvalue weighted by atomic mass is 16.5. The van der Waals surface area contributed by atoms with Gasteiger partial charge in [0.1, 0.15) is 34.0 Å². The van der Waals surface area contributed by atoms with Crippen LogP contribution in [0.25, 0.3) is 28.4 Å². The number of aromatic hydroxyl groups is 2. The summed E-state index contributed by atoms with van der Waals surface area (Å²) in [6.45, 7) is 9.20. The van der Waals surface area contributed by atoms with Gasteiger partial charge in [-0.15, -0.1) is 0 Å². The maximum absolute atomic E-state index is 13.0. The van der Waals surface area contributed by atoms with E-state index in [1.165, 1.54) is 18.2 Å². The Hall–Kier alpha value is -3.51. The van der Waals surface area contributed by atoms with Gasteiger partial charge in [-0.1, -0.05) is 12.2 Å². The van der Waals surface area contributed by atoms with Gasteiger partial charge in [-0.3, -0.25) is 4.79 Å². The number of phenols is 2. The lowest BCUT2D eigenvalue weighted by molar-refractivity contribution is 0.153. The zero-order valence-corrected chi connectivity index (χ0v) is 17.6. The van der Waals surface area contributed by atoms with Crippen molar-refractivity contribution < 1.29 is 24.5 Å². The van der Waals surface area contributed by atoms with Gasteiger partial charge in [-0.2, -0.15) is 0 Å². The van der Waals surface area contributed by atoms with E-state index in [4.69, 9.17) is 9.15 Å². The molecule has 160 valence electrons. The van der Waals surface area contributed by atoms with Crippen LogP contribution in [-0.2, 0) is 6.42 Å². The van der Waals surface area contributed by atoms with Crippen LogP contribution in [0.4, 0.5) is 0 Å². The number of benzene rings is 2. The molecule has 0 spiro atoms. The van der Waals surface area contributed by atoms with Crippen molar-refractivity contribution in [3.8, 4) is 28.6 Å². The van der Waals surface area contributed by atoms with Crippen molar-refractivity contribution >= 4 is 17.0 Å². The zero-order chi connectivity index (χ0) is 22.5. The predicted octanol–water partition coefficient (Wildman–Crippen LogP) is 4.53. The van der Waals surface area contributed by atoms with E-state index >= 15 is 0 Å². The maximum Gasteiger partial charge on any atom is 0.197 e. The number of rotatable bonds is 4. The summed E-state index contributed by atoms with van der Waals surface area (Å²) < 4.78 is 12.2. The van der Waals surface area contributed by atoms with Crippen LogP contribution in [0.3, 0.4) is 0 Å². The minimum Gasteiger partial charge on any atom is -0.508 e. The fourth-order valence-corrected chi connectivity index (χ4v) is 3.61. The molecule has 4 rings (SSSR count). The van der Waals surface area contributed by atoms with Gasteiger partial charge < -0.3 is 24.5 Å². The van der Waals surface area contributed by atoms with Gasteiger partial charge in [0.05, 0.1) is 11.7 Å². The van der Waals surface area contributed by atoms with Gasteiger partial charge in [0.15, 0.2) is 11.0 Å². The number of hydrogen-bond donors (Lipinski definition) is 3. The number of aliphatic hydroxyl groups is 1. The molecule has 2 heterocycles. The molecule has 0 unspecified atom stereocenters. The van der Waals surface area contributed by atoms with Gasteiger partial charge in [0, 0.05) is 23.6 Å². The molecular weight excluding hydrogens is 396 g/mol. The Morgan fingerprint density at radius 3 is 2.52 bits per heavy atom. The predicted molar refractivity (Wildman–Crippen MR) is 120 cm³/mol. The van der Waals surface area contributed by atoms with Gasteiger partial charge in [0.2, 0.25) is 0 Å². The molecule has 0 fully saturated rings. The summed E-state index contributed by atoms with van der Waals surface area (Å²) in [6, 6.07) is 7.58. The van der Waals surface area contributed by atoms with Crippen molar-refractivity contribution in [2.24, 2.45) is 0 Å². The Balaban J connectivity index is 2.03. The first kappa shape index (κ1) is 20.8. The summed E-state index contributed by atoms with van der Waals surface area (Å²) in [5, 5.41) is 31.0. The van der Waals surface area contributed by atoms with E-state index in [9.17, 15) is 20.1 Å². The Kier molecular flexibility index (Phi) is 4.90. The third kappa shape index (κ3) is 3.70. The van der Waals surface area contributed by atoms with Crippen molar-refractivity contribution in [1.82, 2.24) is 0 Å². The van der Waals surface area contributed by atoms with E-state index in [0.717, 1.165) is 0 Å². The highest BCUT2D eigenvalue weighted by molar-refractivity contribution is 5.96. The van der Waals surface area contributed by atoms with Crippen LogP contribution in [0, 0.1) is 0 Å². The second-order valence-corrected chi connectivity index (χ2v) is 8.40. The van der Waals surface area contributed by atoms with Crippen LogP contribution in [0.2, 0.25) is 0 Å². The van der Waals surface area contributed by atoms with Gasteiger partial charge >= 0.3 is 0 Å². The second kappa shape index (κ2) is 7.32. The summed E-state index contributed by atoms with van der Waals surface area (Å²) in [4.78, 5) is 13.0. The SMILES string of the molecule is C=C(C)[C@H](O)Cc1c2c(c3oc(-c4ccc(O)cc4)cc(=O)c3c1O)C=CC(C)(C)O2. The zero-order valence-electron chi connectivity index (χ0n) is 17.6. The number of phenolic OH excluding ortho intramolecular Hbond substituents is 2. The molecular formula is C25H24O6. The van der Waals surface area contributed by atoms with Crippen LogP contribution < -0.4 is 10.2 Å². The molecule has 0 saturated heterocycles. The average Bonchev–Trinajstić information content (AvgIpc) is 2.70. The molecule has 2 aromatic carbocycles. The average molecular weight is 420 g/mol. The molecule has 1 aliphatic rings. The monoisotopic (exact) mass is 420 g/mol. The second-order valence-electron chi connectivity index (χ2n) is 8.40. The third-order valence-electron chi connectivity index (χ3n) is 5.37. The molecule has 3 aromatic rings. The molecule has 0 aliphatic carbocycles. The minimum atomic E-state index is -0.909. The third-order valence-corrected chi connectivity index (χ3v) is 5.37. The maximum atomic E-state index is 13.0. The molecule has 1 atom stereocenters. The number of aliphatic hydroxyl groups excluding tert-OH is 1. The van der Waals surface area contributed by atoms with Crippen LogP contribution in [0.5, 0.6) is 17.2 Å². The van der Waals surface area contributed by atoms with E-state index in [1.807, 2.05) is 19.9 Å². The number of hydrogen-bond acceptors (Lipinski definition) is 6. The lowest BCUT2D eigenvalue weighted by Crippen LogP contribution is -2.29. The molecule has 3 N–H and O–H groups in total. The Morgan fingerprint density at radius 1 is 1.19 bits per heavy atom. The van der Waals surface area contributed by atoms with Crippen molar-refractivity contribution in [3.05, 3.63) is 69.9 Å². The summed E-state index contributed by atoms with van der Waals surface area (Å²) in [5.41, 5.74) is 1.12. The number of fused-ring (bicyclic) bond motifs is 3. The first-order valence-corrected chi connectivity index (χ1v) is 9.94. The molecule has 1 aromatic heterocycles. The first-order chi connectivity index (χ1) is 14.6. The molecule has 0 amide bonds. The standard InChI is InChI=1S/C25H24O6/c1-13(2)18(27)11-17-22(29)21-19(28)12-20(14-5-7-15(26)8-6-14)30-24(21)16-9-10-25(3,4)31-23(16)17/h5-10,12,18,26-27,29H,1,11H2,2-4H3/t18-/m1/s1. The summed E-state index contributed by atoms with van der Waals surface area (Å²) >= 11 is 0. The van der Waals surface area contributed by atoms with E-state index in [2.05, 4.69) is 6.58 Å². The summed E-state index contributed by atoms with van der Waals surface area (Å²) in [5.74, 6) is 0.489. The van der Waals surface area contributed by atoms with Crippen LogP contribution in [-0.4, -0.2) is 27.0 Å². The molecule has 6 nitrogen and oxygen atoms in total. The first-order valence-electron chi connectivity index (χ1n) is 9.94. The van der Waals surface area contributed by atoms with E-state index < -0.39 is 17.1 Å².